The summed E-state index contributed by atoms with van der Waals surface area (Å²) in [5.74, 6) is 2.19. The highest BCUT2D eigenvalue weighted by molar-refractivity contribution is 7.99. The zero-order valence-corrected chi connectivity index (χ0v) is 8.29. The lowest BCUT2D eigenvalue weighted by Crippen LogP contribution is -2.38. The zero-order chi connectivity index (χ0) is 8.74. The minimum absolute atomic E-state index is 0.331. The van der Waals surface area contributed by atoms with Crippen LogP contribution in [0.2, 0.25) is 0 Å². The van der Waals surface area contributed by atoms with Crippen molar-refractivity contribution in [2.45, 2.75) is 25.8 Å². The lowest BCUT2D eigenvalue weighted by atomic mass is 10.0. The number of rotatable bonds is 5. The van der Waals surface area contributed by atoms with Crippen LogP contribution >= 0.6 is 11.8 Å². The van der Waals surface area contributed by atoms with Gasteiger partial charge in [0.05, 0.1) is 6.07 Å². The second-order valence-corrected chi connectivity index (χ2v) is 4.03. The van der Waals surface area contributed by atoms with Gasteiger partial charge in [-0.2, -0.15) is 17.0 Å². The molecule has 0 saturated heterocycles. The van der Waals surface area contributed by atoms with Crippen molar-refractivity contribution in [3.05, 3.63) is 0 Å². The van der Waals surface area contributed by atoms with Crippen molar-refractivity contribution in [1.29, 1.82) is 5.26 Å². The normalized spacial score (nSPS) is 15.5. The summed E-state index contributed by atoms with van der Waals surface area (Å²) in [5.41, 5.74) is -0.331. The van der Waals surface area contributed by atoms with E-state index in [1.807, 2.05) is 25.7 Å². The Kier molecular flexibility index (Phi) is 5.35. The van der Waals surface area contributed by atoms with Gasteiger partial charge in [0.2, 0.25) is 0 Å². The average molecular weight is 172 g/mol. The van der Waals surface area contributed by atoms with Gasteiger partial charge in [-0.1, -0.05) is 6.92 Å². The summed E-state index contributed by atoms with van der Waals surface area (Å²) in [6.07, 6.45) is 0.915. The van der Waals surface area contributed by atoms with E-state index in [9.17, 15) is 0 Å². The number of nitrogens with zero attached hydrogens (tertiary/aromatic N) is 1. The maximum atomic E-state index is 8.76. The standard InChI is InChI=1S/C8H16N2S/c1-4-11-6-5-8(2,7-9)10-3/h10H,4-6H2,1-3H3. The van der Waals surface area contributed by atoms with E-state index < -0.39 is 0 Å². The molecule has 0 aliphatic carbocycles. The molecule has 1 unspecified atom stereocenters. The summed E-state index contributed by atoms with van der Waals surface area (Å²) in [5, 5.41) is 11.8. The van der Waals surface area contributed by atoms with Gasteiger partial charge in [-0.05, 0) is 31.9 Å². The molecule has 3 heteroatoms. The third-order valence-corrected chi connectivity index (χ3v) is 2.65. The van der Waals surface area contributed by atoms with Crippen molar-refractivity contribution in [3.63, 3.8) is 0 Å². The van der Waals surface area contributed by atoms with Crippen LogP contribution in [0.4, 0.5) is 0 Å². The summed E-state index contributed by atoms with van der Waals surface area (Å²) >= 11 is 1.87. The topological polar surface area (TPSA) is 35.8 Å². The van der Waals surface area contributed by atoms with Crippen molar-refractivity contribution >= 4 is 11.8 Å². The fraction of sp³-hybridized carbons (Fsp3) is 0.875. The molecule has 1 atom stereocenters. The quantitative estimate of drug-likeness (QED) is 0.640. The smallest absolute Gasteiger partial charge is 0.104 e. The van der Waals surface area contributed by atoms with Gasteiger partial charge >= 0.3 is 0 Å². The molecule has 0 aromatic rings. The van der Waals surface area contributed by atoms with Crippen LogP contribution in [-0.2, 0) is 0 Å². The lowest BCUT2D eigenvalue weighted by Gasteiger charge is -2.19. The highest BCUT2D eigenvalue weighted by Crippen LogP contribution is 2.12. The largest absolute Gasteiger partial charge is 0.303 e. The fourth-order valence-electron chi connectivity index (χ4n) is 0.657. The van der Waals surface area contributed by atoms with Gasteiger partial charge in [0.25, 0.3) is 0 Å². The van der Waals surface area contributed by atoms with E-state index in [0.717, 1.165) is 17.9 Å². The predicted molar refractivity (Wildman–Crippen MR) is 50.7 cm³/mol. The molecule has 64 valence electrons. The van der Waals surface area contributed by atoms with Crippen LogP contribution in [0, 0.1) is 11.3 Å². The van der Waals surface area contributed by atoms with Crippen LogP contribution in [0.25, 0.3) is 0 Å². The van der Waals surface area contributed by atoms with Crippen LogP contribution in [0.1, 0.15) is 20.3 Å². The van der Waals surface area contributed by atoms with Crippen LogP contribution < -0.4 is 5.32 Å². The molecule has 0 fully saturated rings. The second-order valence-electron chi connectivity index (χ2n) is 2.64. The van der Waals surface area contributed by atoms with Crippen molar-refractivity contribution in [1.82, 2.24) is 5.32 Å². The minimum atomic E-state index is -0.331. The maximum absolute atomic E-state index is 8.76. The molecule has 0 aromatic heterocycles. The van der Waals surface area contributed by atoms with E-state index in [-0.39, 0.29) is 5.54 Å². The second kappa shape index (κ2) is 5.45. The molecule has 0 aromatic carbocycles. The van der Waals surface area contributed by atoms with Gasteiger partial charge in [-0.25, -0.2) is 0 Å². The van der Waals surface area contributed by atoms with Gasteiger partial charge in [-0.15, -0.1) is 0 Å². The Morgan fingerprint density at radius 1 is 1.64 bits per heavy atom. The van der Waals surface area contributed by atoms with E-state index in [1.54, 1.807) is 0 Å². The van der Waals surface area contributed by atoms with Crippen molar-refractivity contribution in [3.8, 4) is 6.07 Å². The molecule has 0 spiro atoms. The summed E-state index contributed by atoms with van der Waals surface area (Å²) in [7, 11) is 1.83. The molecule has 2 nitrogen and oxygen atoms in total. The predicted octanol–water partition coefficient (Wildman–Crippen LogP) is 1.63. The summed E-state index contributed by atoms with van der Waals surface area (Å²) < 4.78 is 0. The molecule has 0 rings (SSSR count). The van der Waals surface area contributed by atoms with Gasteiger partial charge in [0.15, 0.2) is 0 Å². The van der Waals surface area contributed by atoms with Crippen molar-refractivity contribution < 1.29 is 0 Å². The first-order valence-electron chi connectivity index (χ1n) is 3.86. The first kappa shape index (κ1) is 10.8. The van der Waals surface area contributed by atoms with Crippen LogP contribution in [0.5, 0.6) is 0 Å². The Labute approximate surface area is 73.4 Å². The maximum Gasteiger partial charge on any atom is 0.104 e. The third kappa shape index (κ3) is 4.28. The van der Waals surface area contributed by atoms with Crippen LogP contribution in [-0.4, -0.2) is 24.1 Å². The van der Waals surface area contributed by atoms with Gasteiger partial charge in [-0.3, -0.25) is 0 Å². The molecular formula is C8H16N2S. The number of nitrogens with one attached hydrogen (secondary N) is 1. The van der Waals surface area contributed by atoms with Gasteiger partial charge < -0.3 is 5.32 Å². The zero-order valence-electron chi connectivity index (χ0n) is 7.48. The number of hydrogen-bond acceptors (Lipinski definition) is 3. The summed E-state index contributed by atoms with van der Waals surface area (Å²) in [6, 6.07) is 2.26. The Balaban J connectivity index is 3.63. The first-order valence-corrected chi connectivity index (χ1v) is 5.02. The Bertz CT molecular complexity index is 142. The molecule has 0 amide bonds. The summed E-state index contributed by atoms with van der Waals surface area (Å²) in [4.78, 5) is 0. The third-order valence-electron chi connectivity index (χ3n) is 1.75. The van der Waals surface area contributed by atoms with Crippen LogP contribution in [0.3, 0.4) is 0 Å². The van der Waals surface area contributed by atoms with Crippen LogP contribution in [0.15, 0.2) is 0 Å². The van der Waals surface area contributed by atoms with E-state index in [4.69, 9.17) is 5.26 Å². The lowest BCUT2D eigenvalue weighted by molar-refractivity contribution is 0.480. The molecule has 0 saturated carbocycles. The molecule has 0 bridgehead atoms. The van der Waals surface area contributed by atoms with Crippen molar-refractivity contribution in [2.75, 3.05) is 18.6 Å². The number of nitriles is 1. The Hall–Kier alpha value is -0.200. The molecule has 0 radical (unpaired) electrons. The molecule has 0 aliphatic heterocycles. The molecule has 1 N–H and O–H groups in total. The fourth-order valence-corrected chi connectivity index (χ4v) is 1.50. The van der Waals surface area contributed by atoms with E-state index in [2.05, 4.69) is 18.3 Å². The number of thioether (sulfide) groups is 1. The SMILES string of the molecule is CCSCCC(C)(C#N)NC. The van der Waals surface area contributed by atoms with E-state index in [0.29, 0.717) is 0 Å². The van der Waals surface area contributed by atoms with Crippen molar-refractivity contribution in [2.24, 2.45) is 0 Å². The Morgan fingerprint density at radius 3 is 2.64 bits per heavy atom. The molecular weight excluding hydrogens is 156 g/mol. The highest BCUT2D eigenvalue weighted by Gasteiger charge is 2.19. The first-order chi connectivity index (χ1) is 5.18. The monoisotopic (exact) mass is 172 g/mol. The molecule has 11 heavy (non-hydrogen) atoms. The van der Waals surface area contributed by atoms with Gasteiger partial charge in [0, 0.05) is 0 Å². The molecule has 0 heterocycles. The number of hydrogen-bond donors (Lipinski definition) is 1. The van der Waals surface area contributed by atoms with Gasteiger partial charge in [0.1, 0.15) is 5.54 Å². The average Bonchev–Trinajstić information content (AvgIpc) is 2.05. The Morgan fingerprint density at radius 2 is 2.27 bits per heavy atom. The highest BCUT2D eigenvalue weighted by atomic mass is 32.2. The molecule has 0 aliphatic rings. The minimum Gasteiger partial charge on any atom is -0.303 e. The summed E-state index contributed by atoms with van der Waals surface area (Å²) in [6.45, 7) is 4.07. The van der Waals surface area contributed by atoms with E-state index >= 15 is 0 Å². The van der Waals surface area contributed by atoms with E-state index in [1.165, 1.54) is 0 Å².